The molecule has 0 aliphatic carbocycles. The van der Waals surface area contributed by atoms with E-state index in [0.717, 1.165) is 19.3 Å². The van der Waals surface area contributed by atoms with Crippen LogP contribution in [0.25, 0.3) is 0 Å². The second-order valence-electron chi connectivity index (χ2n) is 3.45. The minimum Gasteiger partial charge on any atom is -0.274 e. The Labute approximate surface area is 90.5 Å². The van der Waals surface area contributed by atoms with Crippen LogP contribution in [0.5, 0.6) is 0 Å². The van der Waals surface area contributed by atoms with Crippen molar-refractivity contribution in [3.63, 3.8) is 0 Å². The van der Waals surface area contributed by atoms with Crippen LogP contribution in [0.3, 0.4) is 0 Å². The lowest BCUT2D eigenvalue weighted by Gasteiger charge is -2.03. The number of unbranched alkanes of at least 4 members (excludes halogenated alkanes) is 2. The van der Waals surface area contributed by atoms with E-state index in [-0.39, 0.29) is 4.90 Å². The summed E-state index contributed by atoms with van der Waals surface area (Å²) in [5.74, 6) is 0. The molecule has 1 aromatic heterocycles. The van der Waals surface area contributed by atoms with Crippen LogP contribution in [0.1, 0.15) is 26.2 Å². The van der Waals surface area contributed by atoms with E-state index in [2.05, 4.69) is 16.7 Å². The summed E-state index contributed by atoms with van der Waals surface area (Å²) in [5, 5.41) is 3.82. The Morgan fingerprint density at radius 1 is 1.47 bits per heavy atom. The molecule has 0 spiro atoms. The Balaban J connectivity index is 2.53. The molecule has 0 saturated heterocycles. The number of hydrogen-bond acceptors (Lipinski definition) is 3. The van der Waals surface area contributed by atoms with Crippen molar-refractivity contribution in [1.29, 1.82) is 0 Å². The van der Waals surface area contributed by atoms with Crippen LogP contribution in [0.15, 0.2) is 17.3 Å². The molecule has 1 rings (SSSR count). The summed E-state index contributed by atoms with van der Waals surface area (Å²) in [7, 11) is -1.66. The number of aryl methyl sites for hydroxylation is 1. The normalized spacial score (nSPS) is 11.9. The van der Waals surface area contributed by atoms with Crippen molar-refractivity contribution in [1.82, 2.24) is 14.5 Å². The van der Waals surface area contributed by atoms with Crippen molar-refractivity contribution in [2.24, 2.45) is 7.05 Å². The molecule has 15 heavy (non-hydrogen) atoms. The summed E-state index contributed by atoms with van der Waals surface area (Å²) >= 11 is 0. The van der Waals surface area contributed by atoms with Crippen molar-refractivity contribution >= 4 is 10.0 Å². The monoisotopic (exact) mass is 231 g/mol. The standard InChI is InChI=1S/C9H17N3O2S/c1-3-4-5-6-11-15(13,14)9-7-10-12(2)8-9/h7-8,11H,3-6H2,1-2H3. The third-order valence-corrected chi connectivity index (χ3v) is 3.48. The lowest BCUT2D eigenvalue weighted by Crippen LogP contribution is -2.24. The van der Waals surface area contributed by atoms with Gasteiger partial charge in [0.2, 0.25) is 10.0 Å². The second kappa shape index (κ2) is 5.27. The average Bonchev–Trinajstić information content (AvgIpc) is 2.60. The van der Waals surface area contributed by atoms with Crippen molar-refractivity contribution in [2.45, 2.75) is 31.1 Å². The molecule has 5 nitrogen and oxygen atoms in total. The van der Waals surface area contributed by atoms with E-state index in [1.807, 2.05) is 0 Å². The number of nitrogens with zero attached hydrogens (tertiary/aromatic N) is 2. The first-order valence-electron chi connectivity index (χ1n) is 5.04. The molecule has 1 N–H and O–H groups in total. The maximum Gasteiger partial charge on any atom is 0.243 e. The molecule has 86 valence electrons. The van der Waals surface area contributed by atoms with Gasteiger partial charge in [0.1, 0.15) is 4.90 Å². The van der Waals surface area contributed by atoms with Gasteiger partial charge in [0.15, 0.2) is 0 Å². The zero-order valence-electron chi connectivity index (χ0n) is 9.10. The first-order valence-corrected chi connectivity index (χ1v) is 6.53. The van der Waals surface area contributed by atoms with E-state index in [9.17, 15) is 8.42 Å². The summed E-state index contributed by atoms with van der Waals surface area (Å²) in [5.41, 5.74) is 0. The van der Waals surface area contributed by atoms with E-state index in [1.54, 1.807) is 7.05 Å². The molecule has 0 aliphatic rings. The first kappa shape index (κ1) is 12.2. The molecule has 6 heteroatoms. The smallest absolute Gasteiger partial charge is 0.243 e. The van der Waals surface area contributed by atoms with Crippen LogP contribution in [0.2, 0.25) is 0 Å². The van der Waals surface area contributed by atoms with Crippen molar-refractivity contribution in [3.05, 3.63) is 12.4 Å². The van der Waals surface area contributed by atoms with Gasteiger partial charge in [-0.2, -0.15) is 5.10 Å². The van der Waals surface area contributed by atoms with Gasteiger partial charge in [0.05, 0.1) is 6.20 Å². The summed E-state index contributed by atoms with van der Waals surface area (Å²) in [4.78, 5) is 0.224. The predicted molar refractivity (Wildman–Crippen MR) is 57.9 cm³/mol. The summed E-state index contributed by atoms with van der Waals surface area (Å²) < 4.78 is 27.3. The molecule has 1 heterocycles. The Morgan fingerprint density at radius 3 is 2.73 bits per heavy atom. The maximum atomic E-state index is 11.6. The average molecular weight is 231 g/mol. The van der Waals surface area contributed by atoms with Gasteiger partial charge in [-0.15, -0.1) is 0 Å². The lowest BCUT2D eigenvalue weighted by molar-refractivity contribution is 0.576. The van der Waals surface area contributed by atoms with Gasteiger partial charge in [0.25, 0.3) is 0 Å². The number of nitrogens with one attached hydrogen (secondary N) is 1. The van der Waals surface area contributed by atoms with E-state index < -0.39 is 10.0 Å². The van der Waals surface area contributed by atoms with Gasteiger partial charge in [-0.3, -0.25) is 4.68 Å². The molecule has 1 aromatic rings. The van der Waals surface area contributed by atoms with Gasteiger partial charge < -0.3 is 0 Å². The van der Waals surface area contributed by atoms with Crippen molar-refractivity contribution < 1.29 is 8.42 Å². The first-order chi connectivity index (χ1) is 7.06. The zero-order valence-corrected chi connectivity index (χ0v) is 9.92. The molecule has 0 unspecified atom stereocenters. The molecule has 0 saturated carbocycles. The van der Waals surface area contributed by atoms with Gasteiger partial charge in [-0.25, -0.2) is 13.1 Å². The quantitative estimate of drug-likeness (QED) is 0.739. The summed E-state index contributed by atoms with van der Waals surface area (Å²) in [6, 6.07) is 0. The number of sulfonamides is 1. The highest BCUT2D eigenvalue weighted by molar-refractivity contribution is 7.89. The molecule has 0 aliphatic heterocycles. The van der Waals surface area contributed by atoms with Gasteiger partial charge >= 0.3 is 0 Å². The fraction of sp³-hybridized carbons (Fsp3) is 0.667. The SMILES string of the molecule is CCCCCNS(=O)(=O)c1cnn(C)c1. The topological polar surface area (TPSA) is 64.0 Å². The fourth-order valence-electron chi connectivity index (χ4n) is 1.20. The Bertz CT molecular complexity index is 397. The third kappa shape index (κ3) is 3.64. The highest BCUT2D eigenvalue weighted by Gasteiger charge is 2.14. The molecule has 0 bridgehead atoms. The van der Waals surface area contributed by atoms with Gasteiger partial charge in [-0.05, 0) is 6.42 Å². The number of hydrogen-bond donors (Lipinski definition) is 1. The van der Waals surface area contributed by atoms with Crippen LogP contribution in [0, 0.1) is 0 Å². The zero-order chi connectivity index (χ0) is 11.3. The summed E-state index contributed by atoms with van der Waals surface area (Å²) in [6.07, 6.45) is 5.82. The minimum atomic E-state index is -3.35. The van der Waals surface area contributed by atoms with E-state index >= 15 is 0 Å². The highest BCUT2D eigenvalue weighted by Crippen LogP contribution is 2.05. The summed E-state index contributed by atoms with van der Waals surface area (Å²) in [6.45, 7) is 2.57. The maximum absolute atomic E-state index is 11.6. The molecule has 0 aromatic carbocycles. The van der Waals surface area contributed by atoms with Crippen LogP contribution >= 0.6 is 0 Å². The molecule has 0 amide bonds. The van der Waals surface area contributed by atoms with E-state index in [4.69, 9.17) is 0 Å². The Morgan fingerprint density at radius 2 is 2.20 bits per heavy atom. The third-order valence-electron chi connectivity index (χ3n) is 2.06. The Kier molecular flexibility index (Phi) is 4.28. The van der Waals surface area contributed by atoms with E-state index in [0.29, 0.717) is 6.54 Å². The van der Waals surface area contributed by atoms with Crippen LogP contribution < -0.4 is 4.72 Å². The molecular formula is C9H17N3O2S. The fourth-order valence-corrected chi connectivity index (χ4v) is 2.26. The predicted octanol–water partition coefficient (Wildman–Crippen LogP) is 0.889. The molecule has 0 fully saturated rings. The molecule has 0 radical (unpaired) electrons. The minimum absolute atomic E-state index is 0.224. The molecular weight excluding hydrogens is 214 g/mol. The van der Waals surface area contributed by atoms with Gasteiger partial charge in [-0.1, -0.05) is 19.8 Å². The van der Waals surface area contributed by atoms with Crippen molar-refractivity contribution in [3.8, 4) is 0 Å². The van der Waals surface area contributed by atoms with Crippen molar-refractivity contribution in [2.75, 3.05) is 6.54 Å². The van der Waals surface area contributed by atoms with Crippen LogP contribution in [0.4, 0.5) is 0 Å². The number of aromatic nitrogens is 2. The van der Waals surface area contributed by atoms with Crippen LogP contribution in [-0.4, -0.2) is 24.7 Å². The largest absolute Gasteiger partial charge is 0.274 e. The number of rotatable bonds is 6. The van der Waals surface area contributed by atoms with Crippen LogP contribution in [-0.2, 0) is 17.1 Å². The molecule has 0 atom stereocenters. The lowest BCUT2D eigenvalue weighted by atomic mass is 10.3. The van der Waals surface area contributed by atoms with Gasteiger partial charge in [0, 0.05) is 19.8 Å². The highest BCUT2D eigenvalue weighted by atomic mass is 32.2. The second-order valence-corrected chi connectivity index (χ2v) is 5.22. The Hall–Kier alpha value is -0.880. The van der Waals surface area contributed by atoms with E-state index in [1.165, 1.54) is 17.1 Å².